The first-order valence-electron chi connectivity index (χ1n) is 15.8. The number of nitrogens with zero attached hydrogens (tertiary/aromatic N) is 1. The summed E-state index contributed by atoms with van der Waals surface area (Å²) < 4.78 is 0. The van der Waals surface area contributed by atoms with Crippen LogP contribution in [0.15, 0.2) is 96.3 Å². The third kappa shape index (κ3) is 3.41. The van der Waals surface area contributed by atoms with Crippen LogP contribution < -0.4 is 20.9 Å². The minimum atomic E-state index is 0.132. The van der Waals surface area contributed by atoms with Gasteiger partial charge in [-0.3, -0.25) is 5.32 Å². The molecule has 2 fully saturated rings. The van der Waals surface area contributed by atoms with Gasteiger partial charge in [0, 0.05) is 53.0 Å². The molecule has 0 bridgehead atoms. The van der Waals surface area contributed by atoms with Crippen LogP contribution in [0, 0.1) is 17.8 Å². The van der Waals surface area contributed by atoms with Crippen LogP contribution in [0.5, 0.6) is 0 Å². The van der Waals surface area contributed by atoms with Gasteiger partial charge in [0.05, 0.1) is 0 Å². The summed E-state index contributed by atoms with van der Waals surface area (Å²) in [7, 11) is 0. The average Bonchev–Trinajstić information content (AvgIpc) is 3.57. The number of nitrogens with one attached hydrogen (secondary N) is 3. The quantitative estimate of drug-likeness (QED) is 0.395. The first-order valence-corrected chi connectivity index (χ1v) is 15.8. The standard InChI is InChI=1S/C36H40N4/c1-2-10-22(11-3-1)34-27-13-5-8-16-30(27)38-36(39-34)40-31-17-9-6-14-28(31)33-24-18-19-25-23-12-4-7-15-29(23)37-35(25)26(24)20-21-32(33)40/h1-7,9-10,12-15,17,22,24-26,30,32-33,35-39H,8,11,16,18-21H2/t22?,24-,25?,26?,30?,32?,33?,35?,36?/m0/s1. The first kappa shape index (κ1) is 23.5. The molecule has 204 valence electrons. The molecule has 4 aliphatic carbocycles. The number of rotatable bonds is 2. The largest absolute Gasteiger partial charge is 0.381 e. The molecule has 2 saturated carbocycles. The minimum absolute atomic E-state index is 0.132. The molecular formula is C36H40N4. The number of allylic oxidation sites excluding steroid dienone is 5. The Morgan fingerprint density at radius 3 is 2.58 bits per heavy atom. The van der Waals surface area contributed by atoms with Crippen LogP contribution in [-0.4, -0.2) is 24.4 Å². The second-order valence-electron chi connectivity index (χ2n) is 13.2. The van der Waals surface area contributed by atoms with E-state index in [2.05, 4.69) is 106 Å². The lowest BCUT2D eigenvalue weighted by Gasteiger charge is -2.51. The summed E-state index contributed by atoms with van der Waals surface area (Å²) in [5, 5.41) is 12.2. The molecule has 2 aromatic carbocycles. The molecule has 3 N–H and O–H groups in total. The highest BCUT2D eigenvalue weighted by Gasteiger charge is 2.55. The second-order valence-corrected chi connectivity index (χ2v) is 13.2. The van der Waals surface area contributed by atoms with E-state index in [9.17, 15) is 0 Å². The monoisotopic (exact) mass is 528 g/mol. The van der Waals surface area contributed by atoms with Crippen molar-refractivity contribution in [3.8, 4) is 0 Å². The molecule has 0 amide bonds. The van der Waals surface area contributed by atoms with Gasteiger partial charge in [0.25, 0.3) is 0 Å². The minimum Gasteiger partial charge on any atom is -0.381 e. The molecule has 4 heteroatoms. The molecule has 4 nitrogen and oxygen atoms in total. The maximum atomic E-state index is 4.11. The van der Waals surface area contributed by atoms with Gasteiger partial charge in [-0.2, -0.15) is 0 Å². The molecule has 7 aliphatic rings. The van der Waals surface area contributed by atoms with Crippen molar-refractivity contribution in [3.63, 3.8) is 0 Å². The predicted molar refractivity (Wildman–Crippen MR) is 163 cm³/mol. The molecule has 9 rings (SSSR count). The number of para-hydroxylation sites is 2. The Balaban J connectivity index is 1.06. The van der Waals surface area contributed by atoms with E-state index in [-0.39, 0.29) is 6.29 Å². The van der Waals surface area contributed by atoms with Gasteiger partial charge in [-0.05, 0) is 85.6 Å². The van der Waals surface area contributed by atoms with Crippen molar-refractivity contribution in [3.05, 3.63) is 107 Å². The van der Waals surface area contributed by atoms with Crippen LogP contribution >= 0.6 is 0 Å². The Bertz CT molecular complexity index is 1450. The summed E-state index contributed by atoms with van der Waals surface area (Å²) in [4.78, 5) is 2.79. The molecule has 0 radical (unpaired) electrons. The van der Waals surface area contributed by atoms with Gasteiger partial charge in [0.1, 0.15) is 0 Å². The van der Waals surface area contributed by atoms with Crippen molar-refractivity contribution < 1.29 is 0 Å². The van der Waals surface area contributed by atoms with Crippen molar-refractivity contribution in [2.75, 3.05) is 10.2 Å². The Kier molecular flexibility index (Phi) is 5.36. The third-order valence-corrected chi connectivity index (χ3v) is 11.4. The highest BCUT2D eigenvalue weighted by Crippen LogP contribution is 2.60. The summed E-state index contributed by atoms with van der Waals surface area (Å²) in [6.07, 6.45) is 22.7. The van der Waals surface area contributed by atoms with Crippen LogP contribution in [0.25, 0.3) is 0 Å². The molecule has 0 saturated heterocycles. The van der Waals surface area contributed by atoms with E-state index < -0.39 is 0 Å². The van der Waals surface area contributed by atoms with Gasteiger partial charge in [-0.1, -0.05) is 72.9 Å². The molecule has 3 aliphatic heterocycles. The summed E-state index contributed by atoms with van der Waals surface area (Å²) in [5.74, 6) is 3.22. The van der Waals surface area contributed by atoms with E-state index in [4.69, 9.17) is 0 Å². The zero-order valence-corrected chi connectivity index (χ0v) is 23.2. The van der Waals surface area contributed by atoms with Crippen LogP contribution in [0.2, 0.25) is 0 Å². The maximum Gasteiger partial charge on any atom is 0.156 e. The second kappa shape index (κ2) is 9.14. The molecule has 3 heterocycles. The van der Waals surface area contributed by atoms with E-state index >= 15 is 0 Å². The molecule has 8 unspecified atom stereocenters. The van der Waals surface area contributed by atoms with Crippen molar-refractivity contribution in [2.24, 2.45) is 17.8 Å². The normalized spacial score (nSPS) is 38.4. The lowest BCUT2D eigenvalue weighted by atomic mass is 9.58. The summed E-state index contributed by atoms with van der Waals surface area (Å²) >= 11 is 0. The van der Waals surface area contributed by atoms with Crippen molar-refractivity contribution >= 4 is 11.4 Å². The topological polar surface area (TPSA) is 39.3 Å². The van der Waals surface area contributed by atoms with Gasteiger partial charge in [0.2, 0.25) is 0 Å². The van der Waals surface area contributed by atoms with E-state index in [0.29, 0.717) is 35.9 Å². The smallest absolute Gasteiger partial charge is 0.156 e. The Morgan fingerprint density at radius 1 is 0.775 bits per heavy atom. The SMILES string of the molecule is C1=CCC(C2=C3C=CCCC3NC(N3c4ccccc4C4C3CCC3C5Nc6ccccc6C5CC[C@@H]34)N2)C=C1. The van der Waals surface area contributed by atoms with Gasteiger partial charge >= 0.3 is 0 Å². The van der Waals surface area contributed by atoms with E-state index in [1.165, 1.54) is 54.7 Å². The van der Waals surface area contributed by atoms with Crippen LogP contribution in [0.1, 0.15) is 67.9 Å². The molecule has 2 aromatic rings. The fourth-order valence-corrected chi connectivity index (χ4v) is 9.87. The fraction of sp³-hybridized carbons (Fsp3) is 0.444. The van der Waals surface area contributed by atoms with Crippen molar-refractivity contribution in [1.29, 1.82) is 0 Å². The average molecular weight is 529 g/mol. The molecule has 40 heavy (non-hydrogen) atoms. The third-order valence-electron chi connectivity index (χ3n) is 11.4. The van der Waals surface area contributed by atoms with Gasteiger partial charge in [0.15, 0.2) is 6.29 Å². The summed E-state index contributed by atoms with van der Waals surface area (Å²) in [5.41, 5.74) is 8.94. The fourth-order valence-electron chi connectivity index (χ4n) is 9.87. The van der Waals surface area contributed by atoms with Gasteiger partial charge < -0.3 is 15.5 Å². The maximum absolute atomic E-state index is 4.11. The van der Waals surface area contributed by atoms with Crippen LogP contribution in [0.3, 0.4) is 0 Å². The van der Waals surface area contributed by atoms with E-state index in [0.717, 1.165) is 24.7 Å². The lowest BCUT2D eigenvalue weighted by molar-refractivity contribution is 0.106. The lowest BCUT2D eigenvalue weighted by Crippen LogP contribution is -2.64. The van der Waals surface area contributed by atoms with Crippen LogP contribution in [-0.2, 0) is 0 Å². The van der Waals surface area contributed by atoms with Crippen molar-refractivity contribution in [1.82, 2.24) is 10.6 Å². The predicted octanol–water partition coefficient (Wildman–Crippen LogP) is 6.94. The Morgan fingerprint density at radius 2 is 1.65 bits per heavy atom. The van der Waals surface area contributed by atoms with Crippen molar-refractivity contribution in [2.45, 2.75) is 81.2 Å². The zero-order valence-electron chi connectivity index (χ0n) is 23.2. The van der Waals surface area contributed by atoms with Crippen LogP contribution in [0.4, 0.5) is 11.4 Å². The van der Waals surface area contributed by atoms with E-state index in [1.54, 1.807) is 11.1 Å². The number of anilines is 2. The molecular weight excluding hydrogens is 488 g/mol. The van der Waals surface area contributed by atoms with E-state index in [1.807, 2.05) is 0 Å². The Labute approximate surface area is 238 Å². The molecule has 9 atom stereocenters. The number of hydrogen-bond donors (Lipinski definition) is 3. The number of benzene rings is 2. The summed E-state index contributed by atoms with van der Waals surface area (Å²) in [6.45, 7) is 0. The first-order chi connectivity index (χ1) is 19.8. The van der Waals surface area contributed by atoms with Gasteiger partial charge in [-0.15, -0.1) is 0 Å². The molecule has 0 spiro atoms. The highest BCUT2D eigenvalue weighted by molar-refractivity contribution is 5.65. The zero-order chi connectivity index (χ0) is 26.2. The molecule has 0 aromatic heterocycles. The summed E-state index contributed by atoms with van der Waals surface area (Å²) in [6, 6.07) is 20.1. The Hall–Kier alpha value is -3.24. The number of fused-ring (bicyclic) bond motifs is 10. The number of hydrogen-bond acceptors (Lipinski definition) is 4. The highest BCUT2D eigenvalue weighted by atomic mass is 15.4. The van der Waals surface area contributed by atoms with Gasteiger partial charge in [-0.25, -0.2) is 0 Å².